The first kappa shape index (κ1) is 22.0. The van der Waals surface area contributed by atoms with E-state index >= 15 is 0 Å². The zero-order chi connectivity index (χ0) is 20.4. The first-order valence-electron chi connectivity index (χ1n) is 8.77. The summed E-state index contributed by atoms with van der Waals surface area (Å²) in [6.07, 6.45) is 0.825. The Labute approximate surface area is 171 Å². The topological polar surface area (TPSA) is 91.8 Å². The average Bonchev–Trinajstić information content (AvgIpc) is 2.70. The van der Waals surface area contributed by atoms with Gasteiger partial charge in [0.2, 0.25) is 10.0 Å². The van der Waals surface area contributed by atoms with Crippen LogP contribution in [-0.2, 0) is 16.4 Å². The Balaban J connectivity index is 1.71. The Kier molecular flexibility index (Phi) is 8.56. The summed E-state index contributed by atoms with van der Waals surface area (Å²) < 4.78 is 32.1. The lowest BCUT2D eigenvalue weighted by molar-refractivity contribution is 0.414. The molecule has 0 radical (unpaired) electrons. The fraction of sp³-hybridized carbons (Fsp3) is 0.316. The van der Waals surface area contributed by atoms with Crippen molar-refractivity contribution in [3.63, 3.8) is 0 Å². The molecule has 0 atom stereocenters. The van der Waals surface area contributed by atoms with Crippen LogP contribution in [0.1, 0.15) is 5.56 Å². The molecule has 9 heteroatoms. The van der Waals surface area contributed by atoms with Gasteiger partial charge in [0.1, 0.15) is 5.75 Å². The maximum absolute atomic E-state index is 12.2. The standard InChI is InChI=1S/C19H25ClN4O3S/c1-21-19(22-11-10-15-6-8-17(27-2)9-7-15)23-12-13-24-28(25,26)18-5-3-4-16(20)14-18/h3-9,14,24H,10-13H2,1-2H3,(H2,21,22,23). The van der Waals surface area contributed by atoms with Crippen LogP contribution in [0.3, 0.4) is 0 Å². The second-order valence-corrected chi connectivity index (χ2v) is 8.08. The van der Waals surface area contributed by atoms with E-state index in [4.69, 9.17) is 16.3 Å². The zero-order valence-electron chi connectivity index (χ0n) is 15.9. The third-order valence-electron chi connectivity index (χ3n) is 3.90. The second kappa shape index (κ2) is 10.9. The van der Waals surface area contributed by atoms with Gasteiger partial charge in [0, 0.05) is 31.7 Å². The van der Waals surface area contributed by atoms with Crippen LogP contribution in [0.4, 0.5) is 0 Å². The number of nitrogens with zero attached hydrogens (tertiary/aromatic N) is 1. The van der Waals surface area contributed by atoms with Crippen molar-refractivity contribution in [2.45, 2.75) is 11.3 Å². The lowest BCUT2D eigenvalue weighted by Gasteiger charge is -2.13. The van der Waals surface area contributed by atoms with Crippen LogP contribution in [0.2, 0.25) is 5.02 Å². The first-order chi connectivity index (χ1) is 13.4. The molecule has 2 aromatic carbocycles. The summed E-state index contributed by atoms with van der Waals surface area (Å²) in [5.74, 6) is 1.44. The van der Waals surface area contributed by atoms with E-state index in [0.29, 0.717) is 24.1 Å². The van der Waals surface area contributed by atoms with Crippen molar-refractivity contribution >= 4 is 27.6 Å². The van der Waals surface area contributed by atoms with Gasteiger partial charge in [-0.25, -0.2) is 13.1 Å². The third-order valence-corrected chi connectivity index (χ3v) is 5.60. The zero-order valence-corrected chi connectivity index (χ0v) is 17.5. The molecule has 0 saturated carbocycles. The SMILES string of the molecule is CN=C(NCCNS(=O)(=O)c1cccc(Cl)c1)NCCc1ccc(OC)cc1. The summed E-state index contributed by atoms with van der Waals surface area (Å²) >= 11 is 5.85. The summed E-state index contributed by atoms with van der Waals surface area (Å²) in [5.41, 5.74) is 1.18. The molecule has 0 bridgehead atoms. The minimum Gasteiger partial charge on any atom is -0.497 e. The second-order valence-electron chi connectivity index (χ2n) is 5.88. The van der Waals surface area contributed by atoms with Crippen LogP contribution in [0.25, 0.3) is 0 Å². The Bertz CT molecular complexity index is 886. The number of guanidine groups is 1. The molecule has 0 aliphatic rings. The van der Waals surface area contributed by atoms with Gasteiger partial charge in [-0.15, -0.1) is 0 Å². The van der Waals surface area contributed by atoms with Gasteiger partial charge in [-0.2, -0.15) is 0 Å². The Morgan fingerprint density at radius 1 is 1.07 bits per heavy atom. The summed E-state index contributed by atoms with van der Waals surface area (Å²) in [6, 6.07) is 14.0. The Hall–Kier alpha value is -2.29. The number of sulfonamides is 1. The summed E-state index contributed by atoms with van der Waals surface area (Å²) in [7, 11) is -0.285. The fourth-order valence-corrected chi connectivity index (χ4v) is 3.75. The molecule has 3 N–H and O–H groups in total. The number of aliphatic imine (C=N–C) groups is 1. The van der Waals surface area contributed by atoms with E-state index in [1.807, 2.05) is 24.3 Å². The number of ether oxygens (including phenoxy) is 1. The summed E-state index contributed by atoms with van der Waals surface area (Å²) in [4.78, 5) is 4.27. The van der Waals surface area contributed by atoms with Crippen LogP contribution in [0.15, 0.2) is 58.4 Å². The highest BCUT2D eigenvalue weighted by Gasteiger charge is 2.13. The predicted molar refractivity (Wildman–Crippen MR) is 113 cm³/mol. The predicted octanol–water partition coefficient (Wildman–Crippen LogP) is 2.03. The molecule has 2 aromatic rings. The van der Waals surface area contributed by atoms with Crippen molar-refractivity contribution in [3.05, 3.63) is 59.1 Å². The van der Waals surface area contributed by atoms with Crippen LogP contribution in [0, 0.1) is 0 Å². The third kappa shape index (κ3) is 7.03. The smallest absolute Gasteiger partial charge is 0.240 e. The molecule has 0 unspecified atom stereocenters. The number of halogens is 1. The largest absolute Gasteiger partial charge is 0.497 e. The molecule has 7 nitrogen and oxygen atoms in total. The fourth-order valence-electron chi connectivity index (χ4n) is 2.42. The molecular weight excluding hydrogens is 400 g/mol. The van der Waals surface area contributed by atoms with Crippen molar-refractivity contribution in [1.29, 1.82) is 0 Å². The van der Waals surface area contributed by atoms with Crippen molar-refractivity contribution in [1.82, 2.24) is 15.4 Å². The van der Waals surface area contributed by atoms with E-state index in [2.05, 4.69) is 20.3 Å². The van der Waals surface area contributed by atoms with Crippen LogP contribution in [0.5, 0.6) is 5.75 Å². The molecular formula is C19H25ClN4O3S. The van der Waals surface area contributed by atoms with E-state index < -0.39 is 10.0 Å². The lowest BCUT2D eigenvalue weighted by atomic mass is 10.1. The molecule has 2 rings (SSSR count). The number of rotatable bonds is 9. The molecule has 0 spiro atoms. The number of hydrogen-bond donors (Lipinski definition) is 3. The highest BCUT2D eigenvalue weighted by atomic mass is 35.5. The van der Waals surface area contributed by atoms with Crippen molar-refractivity contribution in [2.24, 2.45) is 4.99 Å². The van der Waals surface area contributed by atoms with Crippen molar-refractivity contribution in [2.75, 3.05) is 33.8 Å². The van der Waals surface area contributed by atoms with Crippen molar-refractivity contribution < 1.29 is 13.2 Å². The van der Waals surface area contributed by atoms with Gasteiger partial charge in [0.15, 0.2) is 5.96 Å². The van der Waals surface area contributed by atoms with E-state index in [9.17, 15) is 8.42 Å². The molecule has 152 valence electrons. The monoisotopic (exact) mass is 424 g/mol. The highest BCUT2D eigenvalue weighted by molar-refractivity contribution is 7.89. The van der Waals surface area contributed by atoms with Gasteiger partial charge in [0.05, 0.1) is 12.0 Å². The maximum atomic E-state index is 12.2. The van der Waals surface area contributed by atoms with Crippen molar-refractivity contribution in [3.8, 4) is 5.75 Å². The minimum absolute atomic E-state index is 0.141. The minimum atomic E-state index is -3.59. The number of hydrogen-bond acceptors (Lipinski definition) is 4. The molecule has 0 saturated heterocycles. The summed E-state index contributed by atoms with van der Waals surface area (Å²) in [5, 5.41) is 6.65. The Morgan fingerprint density at radius 2 is 1.79 bits per heavy atom. The van der Waals surface area contributed by atoms with E-state index in [-0.39, 0.29) is 11.4 Å². The van der Waals surface area contributed by atoms with E-state index in [1.165, 1.54) is 17.7 Å². The van der Waals surface area contributed by atoms with Crippen LogP contribution < -0.4 is 20.1 Å². The van der Waals surface area contributed by atoms with Gasteiger partial charge in [-0.3, -0.25) is 4.99 Å². The molecule has 0 aromatic heterocycles. The average molecular weight is 425 g/mol. The van der Waals surface area contributed by atoms with Gasteiger partial charge >= 0.3 is 0 Å². The van der Waals surface area contributed by atoms with Crippen LogP contribution in [-0.4, -0.2) is 48.2 Å². The van der Waals surface area contributed by atoms with Gasteiger partial charge in [-0.05, 0) is 42.3 Å². The first-order valence-corrected chi connectivity index (χ1v) is 10.6. The quantitative estimate of drug-likeness (QED) is 0.325. The van der Waals surface area contributed by atoms with Gasteiger partial charge in [-0.1, -0.05) is 29.8 Å². The normalized spacial score (nSPS) is 11.9. The molecule has 28 heavy (non-hydrogen) atoms. The van der Waals surface area contributed by atoms with Gasteiger partial charge in [0.25, 0.3) is 0 Å². The van der Waals surface area contributed by atoms with E-state index in [1.54, 1.807) is 26.3 Å². The highest BCUT2D eigenvalue weighted by Crippen LogP contribution is 2.15. The molecule has 0 aliphatic heterocycles. The molecule has 0 fully saturated rings. The van der Waals surface area contributed by atoms with Crippen LogP contribution >= 0.6 is 11.6 Å². The molecule has 0 heterocycles. The lowest BCUT2D eigenvalue weighted by Crippen LogP contribution is -2.42. The number of benzene rings is 2. The molecule has 0 aliphatic carbocycles. The molecule has 0 amide bonds. The van der Waals surface area contributed by atoms with Gasteiger partial charge < -0.3 is 15.4 Å². The number of methoxy groups -OCH3 is 1. The number of nitrogens with one attached hydrogen (secondary N) is 3. The Morgan fingerprint density at radius 3 is 2.43 bits per heavy atom. The maximum Gasteiger partial charge on any atom is 0.240 e. The summed E-state index contributed by atoms with van der Waals surface area (Å²) in [6.45, 7) is 1.30. The van der Waals surface area contributed by atoms with E-state index in [0.717, 1.165) is 12.2 Å².